The molecule has 0 bridgehead atoms. The zero-order valence-electron chi connectivity index (χ0n) is 13.7. The fourth-order valence-corrected chi connectivity index (χ4v) is 3.18. The van der Waals surface area contributed by atoms with Gasteiger partial charge in [0.1, 0.15) is 5.75 Å². The molecule has 2 aromatic carbocycles. The molecule has 0 aromatic heterocycles. The van der Waals surface area contributed by atoms with Crippen LogP contribution in [-0.2, 0) is 0 Å². The molecule has 124 valence electrons. The number of hydrogen-bond donors (Lipinski definition) is 1. The summed E-state index contributed by atoms with van der Waals surface area (Å²) in [6.45, 7) is 3.01. The standard InChI is InChI=1S/C20H21NO3/c1-14-7-8-17(18(22)13-14)19(23)15-9-11-21(12-10-15)20(24)16-5-3-2-4-6-16/h2-8,13,15,22H,9-12H2,1H3. The fraction of sp³-hybridized carbons (Fsp3) is 0.300. The number of piperidine rings is 1. The highest BCUT2D eigenvalue weighted by molar-refractivity contribution is 6.00. The number of ketones is 1. The molecule has 3 rings (SSSR count). The average Bonchev–Trinajstić information content (AvgIpc) is 2.61. The van der Waals surface area contributed by atoms with E-state index in [1.165, 1.54) is 0 Å². The molecule has 2 aromatic rings. The van der Waals surface area contributed by atoms with Crippen molar-refractivity contribution in [3.63, 3.8) is 0 Å². The number of likely N-dealkylation sites (tertiary alicyclic amines) is 1. The Kier molecular flexibility index (Phi) is 4.65. The van der Waals surface area contributed by atoms with Crippen molar-refractivity contribution in [3.05, 3.63) is 65.2 Å². The van der Waals surface area contributed by atoms with E-state index in [1.807, 2.05) is 43.3 Å². The maximum Gasteiger partial charge on any atom is 0.253 e. The van der Waals surface area contributed by atoms with Crippen molar-refractivity contribution < 1.29 is 14.7 Å². The van der Waals surface area contributed by atoms with Gasteiger partial charge in [-0.3, -0.25) is 9.59 Å². The zero-order valence-corrected chi connectivity index (χ0v) is 13.7. The van der Waals surface area contributed by atoms with Gasteiger partial charge in [0.2, 0.25) is 0 Å². The van der Waals surface area contributed by atoms with Gasteiger partial charge in [-0.05, 0) is 49.6 Å². The molecular formula is C20H21NO3. The van der Waals surface area contributed by atoms with Crippen LogP contribution in [0.5, 0.6) is 5.75 Å². The number of benzene rings is 2. The highest BCUT2D eigenvalue weighted by Crippen LogP contribution is 2.27. The predicted molar refractivity (Wildman–Crippen MR) is 92.2 cm³/mol. The third-order valence-electron chi connectivity index (χ3n) is 4.59. The van der Waals surface area contributed by atoms with Gasteiger partial charge < -0.3 is 10.0 Å². The number of aromatic hydroxyl groups is 1. The van der Waals surface area contributed by atoms with E-state index in [-0.39, 0.29) is 23.4 Å². The summed E-state index contributed by atoms with van der Waals surface area (Å²) < 4.78 is 0. The lowest BCUT2D eigenvalue weighted by Crippen LogP contribution is -2.40. The normalized spacial score (nSPS) is 15.3. The minimum Gasteiger partial charge on any atom is -0.507 e. The number of Topliss-reactive ketones (excluding diaryl/α,β-unsaturated/α-hetero) is 1. The van der Waals surface area contributed by atoms with Crippen LogP contribution in [0.15, 0.2) is 48.5 Å². The lowest BCUT2D eigenvalue weighted by Gasteiger charge is -2.31. The Bertz CT molecular complexity index is 747. The first-order chi connectivity index (χ1) is 11.6. The summed E-state index contributed by atoms with van der Waals surface area (Å²) in [7, 11) is 0. The Balaban J connectivity index is 1.64. The summed E-state index contributed by atoms with van der Waals surface area (Å²) in [6, 6.07) is 14.3. The van der Waals surface area contributed by atoms with Crippen LogP contribution in [-0.4, -0.2) is 34.8 Å². The Morgan fingerprint density at radius 3 is 2.33 bits per heavy atom. The van der Waals surface area contributed by atoms with Crippen molar-refractivity contribution in [2.24, 2.45) is 5.92 Å². The topological polar surface area (TPSA) is 57.6 Å². The first-order valence-electron chi connectivity index (χ1n) is 8.24. The molecule has 1 fully saturated rings. The fourth-order valence-electron chi connectivity index (χ4n) is 3.18. The molecule has 0 unspecified atom stereocenters. The molecule has 1 aliphatic heterocycles. The lowest BCUT2D eigenvalue weighted by atomic mass is 9.88. The Morgan fingerprint density at radius 1 is 1.04 bits per heavy atom. The highest BCUT2D eigenvalue weighted by atomic mass is 16.3. The first-order valence-corrected chi connectivity index (χ1v) is 8.24. The van der Waals surface area contributed by atoms with Crippen molar-refractivity contribution in [1.29, 1.82) is 0 Å². The second kappa shape index (κ2) is 6.87. The molecule has 4 nitrogen and oxygen atoms in total. The van der Waals surface area contributed by atoms with E-state index >= 15 is 0 Å². The van der Waals surface area contributed by atoms with Crippen LogP contribution in [0.2, 0.25) is 0 Å². The Hall–Kier alpha value is -2.62. The summed E-state index contributed by atoms with van der Waals surface area (Å²) >= 11 is 0. The van der Waals surface area contributed by atoms with Gasteiger partial charge in [-0.15, -0.1) is 0 Å². The number of rotatable bonds is 3. The minimum atomic E-state index is -0.140. The van der Waals surface area contributed by atoms with E-state index in [2.05, 4.69) is 0 Å². The van der Waals surface area contributed by atoms with Crippen molar-refractivity contribution >= 4 is 11.7 Å². The van der Waals surface area contributed by atoms with Gasteiger partial charge in [-0.1, -0.05) is 24.3 Å². The third-order valence-corrected chi connectivity index (χ3v) is 4.59. The van der Waals surface area contributed by atoms with Crippen LogP contribution in [0.4, 0.5) is 0 Å². The molecule has 0 spiro atoms. The van der Waals surface area contributed by atoms with Crippen LogP contribution >= 0.6 is 0 Å². The van der Waals surface area contributed by atoms with Crippen molar-refractivity contribution in [2.75, 3.05) is 13.1 Å². The molecule has 0 atom stereocenters. The van der Waals surface area contributed by atoms with Gasteiger partial charge >= 0.3 is 0 Å². The molecular weight excluding hydrogens is 302 g/mol. The molecule has 1 N–H and O–H groups in total. The number of carbonyl (C=O) groups is 2. The van der Waals surface area contributed by atoms with E-state index in [1.54, 1.807) is 17.0 Å². The second-order valence-corrected chi connectivity index (χ2v) is 6.32. The van der Waals surface area contributed by atoms with E-state index in [4.69, 9.17) is 0 Å². The summed E-state index contributed by atoms with van der Waals surface area (Å²) in [4.78, 5) is 26.9. The van der Waals surface area contributed by atoms with Gasteiger partial charge in [0, 0.05) is 24.6 Å². The smallest absolute Gasteiger partial charge is 0.253 e. The predicted octanol–water partition coefficient (Wildman–Crippen LogP) is 3.44. The third kappa shape index (κ3) is 3.32. The largest absolute Gasteiger partial charge is 0.507 e. The first kappa shape index (κ1) is 16.2. The molecule has 1 saturated heterocycles. The number of aryl methyl sites for hydroxylation is 1. The van der Waals surface area contributed by atoms with E-state index in [0.717, 1.165) is 5.56 Å². The van der Waals surface area contributed by atoms with Gasteiger partial charge in [-0.25, -0.2) is 0 Å². The van der Waals surface area contributed by atoms with Crippen LogP contribution in [0, 0.1) is 12.8 Å². The van der Waals surface area contributed by atoms with Crippen molar-refractivity contribution in [2.45, 2.75) is 19.8 Å². The van der Waals surface area contributed by atoms with Crippen LogP contribution < -0.4 is 0 Å². The number of phenols is 1. The van der Waals surface area contributed by atoms with Gasteiger partial charge in [0.15, 0.2) is 5.78 Å². The number of nitrogens with zero attached hydrogens (tertiary/aromatic N) is 1. The molecule has 1 aliphatic rings. The SMILES string of the molecule is Cc1ccc(C(=O)C2CCN(C(=O)c3ccccc3)CC2)c(O)c1. The highest BCUT2D eigenvalue weighted by Gasteiger charge is 2.29. The monoisotopic (exact) mass is 323 g/mol. The zero-order chi connectivity index (χ0) is 17.1. The van der Waals surface area contributed by atoms with E-state index < -0.39 is 0 Å². The van der Waals surface area contributed by atoms with Gasteiger partial charge in [0.25, 0.3) is 5.91 Å². The Morgan fingerprint density at radius 2 is 1.71 bits per heavy atom. The summed E-state index contributed by atoms with van der Waals surface area (Å²) in [6.07, 6.45) is 1.26. The lowest BCUT2D eigenvalue weighted by molar-refractivity contribution is 0.0649. The van der Waals surface area contributed by atoms with Crippen LogP contribution in [0.3, 0.4) is 0 Å². The number of carbonyl (C=O) groups excluding carboxylic acids is 2. The second-order valence-electron chi connectivity index (χ2n) is 6.32. The number of phenolic OH excluding ortho intramolecular Hbond substituents is 1. The van der Waals surface area contributed by atoms with E-state index in [9.17, 15) is 14.7 Å². The maximum atomic E-state index is 12.6. The summed E-state index contributed by atoms with van der Waals surface area (Å²) in [5.74, 6) is -0.111. The molecule has 4 heteroatoms. The van der Waals surface area contributed by atoms with Crippen molar-refractivity contribution in [1.82, 2.24) is 4.90 Å². The molecule has 24 heavy (non-hydrogen) atoms. The molecule has 1 heterocycles. The van der Waals surface area contributed by atoms with Crippen molar-refractivity contribution in [3.8, 4) is 5.75 Å². The maximum absolute atomic E-state index is 12.6. The molecule has 0 aliphatic carbocycles. The minimum absolute atomic E-state index is 0.0136. The molecule has 1 amide bonds. The number of amides is 1. The van der Waals surface area contributed by atoms with Crippen LogP contribution in [0.25, 0.3) is 0 Å². The van der Waals surface area contributed by atoms with E-state index in [0.29, 0.717) is 37.1 Å². The number of hydrogen-bond acceptors (Lipinski definition) is 3. The summed E-state index contributed by atoms with van der Waals surface area (Å²) in [5.41, 5.74) is 1.99. The van der Waals surface area contributed by atoms with Gasteiger partial charge in [0.05, 0.1) is 5.56 Å². The average molecular weight is 323 g/mol. The van der Waals surface area contributed by atoms with Crippen LogP contribution in [0.1, 0.15) is 39.1 Å². The Labute approximate surface area is 141 Å². The molecule has 0 saturated carbocycles. The molecule has 0 radical (unpaired) electrons. The quantitative estimate of drug-likeness (QED) is 0.880. The summed E-state index contributed by atoms with van der Waals surface area (Å²) in [5, 5.41) is 10.00. The van der Waals surface area contributed by atoms with Gasteiger partial charge in [-0.2, -0.15) is 0 Å².